The van der Waals surface area contributed by atoms with E-state index in [-0.39, 0.29) is 6.10 Å². The molecule has 0 saturated heterocycles. The van der Waals surface area contributed by atoms with Crippen LogP contribution in [-0.2, 0) is 11.2 Å². The minimum atomic E-state index is 0.257. The lowest BCUT2D eigenvalue weighted by molar-refractivity contribution is 0.0959. The van der Waals surface area contributed by atoms with Crippen LogP contribution in [0.1, 0.15) is 18.9 Å². The highest BCUT2D eigenvalue weighted by Gasteiger charge is 2.12. The molecule has 0 spiro atoms. The highest BCUT2D eigenvalue weighted by molar-refractivity contribution is 6.30. The fraction of sp³-hybridized carbons (Fsp3) is 0.538. The lowest BCUT2D eigenvalue weighted by Gasteiger charge is -2.18. The van der Waals surface area contributed by atoms with Gasteiger partial charge >= 0.3 is 0 Å². The molecule has 0 bridgehead atoms. The van der Waals surface area contributed by atoms with Gasteiger partial charge in [-0.25, -0.2) is 0 Å². The zero-order chi connectivity index (χ0) is 12.0. The molecule has 2 N–H and O–H groups in total. The van der Waals surface area contributed by atoms with Gasteiger partial charge in [-0.1, -0.05) is 23.7 Å². The molecule has 1 rings (SSSR count). The van der Waals surface area contributed by atoms with E-state index < -0.39 is 0 Å². The number of halogens is 1. The summed E-state index contributed by atoms with van der Waals surface area (Å²) in [5, 5.41) is 0.785. The topological polar surface area (TPSA) is 35.2 Å². The molecule has 0 aliphatic heterocycles. The number of hydrogen-bond donors (Lipinski definition) is 1. The Morgan fingerprint density at radius 3 is 2.75 bits per heavy atom. The van der Waals surface area contributed by atoms with Crippen molar-refractivity contribution in [2.24, 2.45) is 11.7 Å². The Hall–Kier alpha value is -0.570. The molecule has 2 nitrogen and oxygen atoms in total. The van der Waals surface area contributed by atoms with Gasteiger partial charge < -0.3 is 10.5 Å². The number of benzene rings is 1. The van der Waals surface area contributed by atoms with Crippen molar-refractivity contribution in [1.29, 1.82) is 0 Å². The summed E-state index contributed by atoms with van der Waals surface area (Å²) in [5.41, 5.74) is 7.02. The third-order valence-corrected chi connectivity index (χ3v) is 3.05. The molecule has 1 aromatic carbocycles. The normalized spacial score (nSPS) is 14.8. The van der Waals surface area contributed by atoms with Crippen LogP contribution in [0.4, 0.5) is 0 Å². The molecule has 16 heavy (non-hydrogen) atoms. The van der Waals surface area contributed by atoms with Gasteiger partial charge in [0.15, 0.2) is 0 Å². The second-order valence-corrected chi connectivity index (χ2v) is 4.65. The van der Waals surface area contributed by atoms with Crippen LogP contribution in [-0.4, -0.2) is 19.8 Å². The van der Waals surface area contributed by atoms with Crippen LogP contribution in [0.15, 0.2) is 24.3 Å². The smallest absolute Gasteiger partial charge is 0.0546 e. The van der Waals surface area contributed by atoms with Gasteiger partial charge in [-0.15, -0.1) is 0 Å². The van der Waals surface area contributed by atoms with Gasteiger partial charge in [0, 0.05) is 12.1 Å². The van der Waals surface area contributed by atoms with E-state index in [0.29, 0.717) is 12.5 Å². The summed E-state index contributed by atoms with van der Waals surface area (Å²) in [4.78, 5) is 0. The van der Waals surface area contributed by atoms with Crippen molar-refractivity contribution in [3.05, 3.63) is 34.9 Å². The van der Waals surface area contributed by atoms with E-state index in [0.717, 1.165) is 17.9 Å². The van der Waals surface area contributed by atoms with Crippen LogP contribution in [0.25, 0.3) is 0 Å². The molecule has 0 aliphatic rings. The van der Waals surface area contributed by atoms with Crippen molar-refractivity contribution in [2.45, 2.75) is 25.9 Å². The van der Waals surface area contributed by atoms with Crippen LogP contribution in [0.2, 0.25) is 5.02 Å². The quantitative estimate of drug-likeness (QED) is 0.831. The SMILES string of the molecule is COC(C)CC(CN)Cc1cccc(Cl)c1. The average Bonchev–Trinajstić information content (AvgIpc) is 2.28. The average molecular weight is 242 g/mol. The standard InChI is InChI=1S/C13H20ClNO/c1-10(16-2)6-12(9-15)7-11-4-3-5-13(14)8-11/h3-5,8,10,12H,6-7,9,15H2,1-2H3. The van der Waals surface area contributed by atoms with Gasteiger partial charge in [-0.3, -0.25) is 0 Å². The van der Waals surface area contributed by atoms with Crippen LogP contribution in [0.5, 0.6) is 0 Å². The first-order valence-electron chi connectivity index (χ1n) is 5.63. The second-order valence-electron chi connectivity index (χ2n) is 4.22. The summed E-state index contributed by atoms with van der Waals surface area (Å²) in [6, 6.07) is 7.96. The third kappa shape index (κ3) is 4.52. The predicted molar refractivity (Wildman–Crippen MR) is 68.8 cm³/mol. The summed E-state index contributed by atoms with van der Waals surface area (Å²) in [5.74, 6) is 0.452. The molecular weight excluding hydrogens is 222 g/mol. The van der Waals surface area contributed by atoms with Crippen LogP contribution in [0.3, 0.4) is 0 Å². The molecule has 2 atom stereocenters. The molecule has 1 aromatic rings. The van der Waals surface area contributed by atoms with E-state index >= 15 is 0 Å². The number of ether oxygens (including phenoxy) is 1. The summed E-state index contributed by atoms with van der Waals surface area (Å²) in [6.45, 7) is 2.75. The third-order valence-electron chi connectivity index (χ3n) is 2.81. The molecule has 0 radical (unpaired) electrons. The summed E-state index contributed by atoms with van der Waals surface area (Å²) in [7, 11) is 1.73. The zero-order valence-electron chi connectivity index (χ0n) is 9.95. The van der Waals surface area contributed by atoms with Gasteiger partial charge in [0.2, 0.25) is 0 Å². The summed E-state index contributed by atoms with van der Waals surface area (Å²) < 4.78 is 5.26. The highest BCUT2D eigenvalue weighted by atomic mass is 35.5. The second kappa shape index (κ2) is 6.89. The van der Waals surface area contributed by atoms with E-state index in [9.17, 15) is 0 Å². The molecule has 0 amide bonds. The Morgan fingerprint density at radius 1 is 1.44 bits per heavy atom. The fourth-order valence-corrected chi connectivity index (χ4v) is 2.04. The van der Waals surface area contributed by atoms with E-state index in [1.807, 2.05) is 18.2 Å². The van der Waals surface area contributed by atoms with E-state index in [4.69, 9.17) is 22.1 Å². The van der Waals surface area contributed by atoms with Crippen molar-refractivity contribution >= 4 is 11.6 Å². The Morgan fingerprint density at radius 2 is 2.19 bits per heavy atom. The highest BCUT2D eigenvalue weighted by Crippen LogP contribution is 2.17. The Kier molecular flexibility index (Phi) is 5.81. The van der Waals surface area contributed by atoms with Crippen molar-refractivity contribution in [1.82, 2.24) is 0 Å². The predicted octanol–water partition coefficient (Wildman–Crippen LogP) is 2.88. The molecule has 3 heteroatoms. The van der Waals surface area contributed by atoms with Crippen LogP contribution in [0, 0.1) is 5.92 Å². The molecule has 0 saturated carbocycles. The Labute approximate surface area is 103 Å². The number of rotatable bonds is 6. The van der Waals surface area contributed by atoms with Crippen LogP contribution >= 0.6 is 11.6 Å². The Balaban J connectivity index is 2.56. The monoisotopic (exact) mass is 241 g/mol. The number of hydrogen-bond acceptors (Lipinski definition) is 2. The largest absolute Gasteiger partial charge is 0.382 e. The molecule has 2 unspecified atom stereocenters. The molecule has 0 aliphatic carbocycles. The van der Waals surface area contributed by atoms with Crippen molar-refractivity contribution in [3.63, 3.8) is 0 Å². The number of nitrogens with two attached hydrogens (primary N) is 1. The van der Waals surface area contributed by atoms with Gasteiger partial charge in [0.05, 0.1) is 6.10 Å². The maximum atomic E-state index is 5.95. The first kappa shape index (κ1) is 13.5. The van der Waals surface area contributed by atoms with Gasteiger partial charge in [-0.05, 0) is 49.9 Å². The van der Waals surface area contributed by atoms with E-state index in [1.54, 1.807) is 7.11 Å². The Bertz CT molecular complexity index is 317. The lowest BCUT2D eigenvalue weighted by Crippen LogP contribution is -2.22. The van der Waals surface area contributed by atoms with E-state index in [1.165, 1.54) is 5.56 Å². The van der Waals surface area contributed by atoms with Crippen molar-refractivity contribution in [3.8, 4) is 0 Å². The first-order chi connectivity index (χ1) is 7.65. The molecule has 0 fully saturated rings. The molecule has 0 aromatic heterocycles. The first-order valence-corrected chi connectivity index (χ1v) is 6.00. The van der Waals surface area contributed by atoms with Gasteiger partial charge in [0.25, 0.3) is 0 Å². The van der Waals surface area contributed by atoms with Gasteiger partial charge in [-0.2, -0.15) is 0 Å². The molecular formula is C13H20ClNO. The van der Waals surface area contributed by atoms with Gasteiger partial charge in [0.1, 0.15) is 0 Å². The lowest BCUT2D eigenvalue weighted by atomic mass is 9.94. The molecule has 0 heterocycles. The van der Waals surface area contributed by atoms with Crippen molar-refractivity contribution in [2.75, 3.05) is 13.7 Å². The summed E-state index contributed by atoms with van der Waals surface area (Å²) in [6.07, 6.45) is 2.21. The maximum absolute atomic E-state index is 5.95. The molecule has 90 valence electrons. The minimum absolute atomic E-state index is 0.257. The van der Waals surface area contributed by atoms with Crippen LogP contribution < -0.4 is 5.73 Å². The zero-order valence-corrected chi connectivity index (χ0v) is 10.7. The minimum Gasteiger partial charge on any atom is -0.382 e. The number of methoxy groups -OCH3 is 1. The van der Waals surface area contributed by atoms with E-state index in [2.05, 4.69) is 13.0 Å². The van der Waals surface area contributed by atoms with Crippen molar-refractivity contribution < 1.29 is 4.74 Å². The maximum Gasteiger partial charge on any atom is 0.0546 e. The fourth-order valence-electron chi connectivity index (χ4n) is 1.83. The summed E-state index contributed by atoms with van der Waals surface area (Å²) >= 11 is 5.95.